The summed E-state index contributed by atoms with van der Waals surface area (Å²) in [6.07, 6.45) is 0.953. The Morgan fingerprint density at radius 3 is 2.53 bits per heavy atom. The van der Waals surface area contributed by atoms with Crippen LogP contribution in [0.4, 0.5) is 0 Å². The van der Waals surface area contributed by atoms with E-state index in [1.807, 2.05) is 41.8 Å². The van der Waals surface area contributed by atoms with Gasteiger partial charge in [0.2, 0.25) is 5.91 Å². The van der Waals surface area contributed by atoms with Crippen molar-refractivity contribution in [2.24, 2.45) is 0 Å². The van der Waals surface area contributed by atoms with Gasteiger partial charge in [-0.25, -0.2) is 9.78 Å². The zero-order valence-electron chi connectivity index (χ0n) is 18.0. The molecule has 32 heavy (non-hydrogen) atoms. The summed E-state index contributed by atoms with van der Waals surface area (Å²) in [5, 5.41) is 7.05. The molecule has 9 heteroatoms. The molecule has 3 rings (SSSR count). The van der Waals surface area contributed by atoms with Gasteiger partial charge in [-0.15, -0.1) is 22.7 Å². The molecule has 0 atom stereocenters. The van der Waals surface area contributed by atoms with E-state index in [1.54, 1.807) is 23.6 Å². The number of thiazole rings is 1. The van der Waals surface area contributed by atoms with E-state index < -0.39 is 18.5 Å². The fourth-order valence-electron chi connectivity index (χ4n) is 2.88. The van der Waals surface area contributed by atoms with Gasteiger partial charge in [0.25, 0.3) is 5.91 Å². The zero-order chi connectivity index (χ0) is 22.9. The number of hydrogen-bond acceptors (Lipinski definition) is 7. The van der Waals surface area contributed by atoms with Crippen LogP contribution in [0.5, 0.6) is 0 Å². The number of aryl methyl sites for hydroxylation is 1. The van der Waals surface area contributed by atoms with E-state index in [2.05, 4.69) is 17.2 Å². The van der Waals surface area contributed by atoms with Gasteiger partial charge >= 0.3 is 5.97 Å². The predicted octanol–water partition coefficient (Wildman–Crippen LogP) is 3.76. The van der Waals surface area contributed by atoms with E-state index in [-0.39, 0.29) is 18.1 Å². The van der Waals surface area contributed by atoms with E-state index >= 15 is 0 Å². The van der Waals surface area contributed by atoms with Gasteiger partial charge in [0, 0.05) is 22.4 Å². The number of rotatable bonds is 10. The Hall–Kier alpha value is -3.04. The average molecular weight is 472 g/mol. The summed E-state index contributed by atoms with van der Waals surface area (Å²) in [7, 11) is 0. The fourth-order valence-corrected chi connectivity index (χ4v) is 4.32. The molecule has 0 bridgehead atoms. The molecule has 2 aromatic heterocycles. The summed E-state index contributed by atoms with van der Waals surface area (Å²) in [5.41, 5.74) is 2.31. The lowest BCUT2D eigenvalue weighted by Gasteiger charge is -2.20. The van der Waals surface area contributed by atoms with Crippen molar-refractivity contribution in [3.8, 4) is 10.6 Å². The number of carbonyl (C=O) groups excluding carboxylic acids is 3. The van der Waals surface area contributed by atoms with Crippen LogP contribution < -0.4 is 5.32 Å². The number of aromatic nitrogens is 1. The van der Waals surface area contributed by atoms with Crippen LogP contribution in [0.3, 0.4) is 0 Å². The first kappa shape index (κ1) is 23.6. The molecule has 0 aliphatic rings. The van der Waals surface area contributed by atoms with Gasteiger partial charge in [-0.3, -0.25) is 9.59 Å². The number of thiophene rings is 1. The molecule has 3 aromatic rings. The Morgan fingerprint density at radius 1 is 1.09 bits per heavy atom. The number of likely N-dealkylation sites (N-methyl/N-ethyl adjacent to an activating group) is 1. The molecule has 0 spiro atoms. The normalized spacial score (nSPS) is 10.6. The Kier molecular flexibility index (Phi) is 8.52. The number of carbonyl (C=O) groups is 3. The molecule has 168 valence electrons. The summed E-state index contributed by atoms with van der Waals surface area (Å²) in [6, 6.07) is 11.8. The number of esters is 1. The molecule has 0 fully saturated rings. The van der Waals surface area contributed by atoms with Crippen LogP contribution in [-0.2, 0) is 27.3 Å². The SMILES string of the molecule is CCc1ccc(-c2nc(C(=O)OCC(=O)N(CC)CC(=O)NCc3cccs3)cs2)cc1. The van der Waals surface area contributed by atoms with Gasteiger partial charge in [-0.1, -0.05) is 37.3 Å². The van der Waals surface area contributed by atoms with Gasteiger partial charge in [-0.2, -0.15) is 0 Å². The lowest BCUT2D eigenvalue weighted by molar-refractivity contribution is -0.138. The highest BCUT2D eigenvalue weighted by atomic mass is 32.1. The number of benzene rings is 1. The topological polar surface area (TPSA) is 88.6 Å². The first-order valence-electron chi connectivity index (χ1n) is 10.3. The Bertz CT molecular complexity index is 1050. The summed E-state index contributed by atoms with van der Waals surface area (Å²) < 4.78 is 5.14. The molecule has 1 N–H and O–H groups in total. The molecule has 0 unspecified atom stereocenters. The monoisotopic (exact) mass is 471 g/mol. The standard InChI is InChI=1S/C23H25N3O4S2/c1-3-16-7-9-17(10-8-16)22-25-19(15-32-22)23(29)30-14-21(28)26(4-2)13-20(27)24-12-18-6-5-11-31-18/h5-11,15H,3-4,12-14H2,1-2H3,(H,24,27). The maximum Gasteiger partial charge on any atom is 0.358 e. The minimum absolute atomic E-state index is 0.0904. The molecule has 0 radical (unpaired) electrons. The second-order valence-electron chi connectivity index (χ2n) is 6.93. The molecule has 0 saturated carbocycles. The first-order chi connectivity index (χ1) is 15.5. The van der Waals surface area contributed by atoms with Crippen LogP contribution in [0.2, 0.25) is 0 Å². The van der Waals surface area contributed by atoms with Gasteiger partial charge in [0.15, 0.2) is 12.3 Å². The van der Waals surface area contributed by atoms with Crippen LogP contribution in [0.1, 0.15) is 34.8 Å². The van der Waals surface area contributed by atoms with Crippen molar-refractivity contribution in [3.63, 3.8) is 0 Å². The van der Waals surface area contributed by atoms with Gasteiger partial charge in [0.05, 0.1) is 13.1 Å². The van der Waals surface area contributed by atoms with E-state index in [4.69, 9.17) is 4.74 Å². The molecule has 1 aromatic carbocycles. The van der Waals surface area contributed by atoms with Crippen molar-refractivity contribution in [2.45, 2.75) is 26.8 Å². The summed E-state index contributed by atoms with van der Waals surface area (Å²) in [5.74, 6) is -1.36. The summed E-state index contributed by atoms with van der Waals surface area (Å²) in [6.45, 7) is 4.08. The van der Waals surface area contributed by atoms with Crippen LogP contribution in [0.25, 0.3) is 10.6 Å². The highest BCUT2D eigenvalue weighted by Crippen LogP contribution is 2.24. The maximum absolute atomic E-state index is 12.4. The number of hydrogen-bond donors (Lipinski definition) is 1. The van der Waals surface area contributed by atoms with Crippen LogP contribution in [0, 0.1) is 0 Å². The largest absolute Gasteiger partial charge is 0.451 e. The van der Waals surface area contributed by atoms with E-state index in [1.165, 1.54) is 21.8 Å². The van der Waals surface area contributed by atoms with Crippen molar-refractivity contribution >= 4 is 40.5 Å². The Balaban J connectivity index is 1.49. The summed E-state index contributed by atoms with van der Waals surface area (Å²) >= 11 is 2.89. The Morgan fingerprint density at radius 2 is 1.88 bits per heavy atom. The molecule has 0 aliphatic carbocycles. The molecule has 2 amide bonds. The minimum Gasteiger partial charge on any atom is -0.451 e. The average Bonchev–Trinajstić information content (AvgIpc) is 3.52. The lowest BCUT2D eigenvalue weighted by Crippen LogP contribution is -2.42. The van der Waals surface area contributed by atoms with E-state index in [0.29, 0.717) is 18.1 Å². The molecular formula is C23H25N3O4S2. The molecule has 7 nitrogen and oxygen atoms in total. The third-order valence-corrected chi connectivity index (χ3v) is 6.53. The minimum atomic E-state index is -0.663. The van der Waals surface area contributed by atoms with Gasteiger partial charge in [0.1, 0.15) is 5.01 Å². The van der Waals surface area contributed by atoms with E-state index in [9.17, 15) is 14.4 Å². The van der Waals surface area contributed by atoms with Crippen molar-refractivity contribution in [1.29, 1.82) is 0 Å². The third-order valence-electron chi connectivity index (χ3n) is 4.76. The first-order valence-corrected chi connectivity index (χ1v) is 12.0. The predicted molar refractivity (Wildman–Crippen MR) is 126 cm³/mol. The van der Waals surface area contributed by atoms with Crippen molar-refractivity contribution in [1.82, 2.24) is 15.2 Å². The highest BCUT2D eigenvalue weighted by molar-refractivity contribution is 7.13. The molecular weight excluding hydrogens is 446 g/mol. The van der Waals surface area contributed by atoms with Crippen LogP contribution in [0.15, 0.2) is 47.2 Å². The quantitative estimate of drug-likeness (QED) is 0.455. The number of nitrogens with one attached hydrogen (secondary N) is 1. The van der Waals surface area contributed by atoms with Crippen molar-refractivity contribution in [2.75, 3.05) is 19.7 Å². The van der Waals surface area contributed by atoms with Crippen LogP contribution >= 0.6 is 22.7 Å². The van der Waals surface area contributed by atoms with Gasteiger partial charge < -0.3 is 15.0 Å². The molecule has 0 aliphatic heterocycles. The fraction of sp³-hybridized carbons (Fsp3) is 0.304. The molecule has 0 saturated heterocycles. The highest BCUT2D eigenvalue weighted by Gasteiger charge is 2.19. The second kappa shape index (κ2) is 11.5. The number of amides is 2. The Labute approximate surface area is 195 Å². The maximum atomic E-state index is 12.4. The number of nitrogens with zero attached hydrogens (tertiary/aromatic N) is 2. The lowest BCUT2D eigenvalue weighted by atomic mass is 10.1. The third kappa shape index (κ3) is 6.48. The number of ether oxygens (including phenoxy) is 1. The van der Waals surface area contributed by atoms with E-state index in [0.717, 1.165) is 16.9 Å². The second-order valence-corrected chi connectivity index (χ2v) is 8.82. The van der Waals surface area contributed by atoms with Gasteiger partial charge in [-0.05, 0) is 30.4 Å². The van der Waals surface area contributed by atoms with Crippen LogP contribution in [-0.4, -0.2) is 47.4 Å². The van der Waals surface area contributed by atoms with Crippen molar-refractivity contribution in [3.05, 3.63) is 63.3 Å². The van der Waals surface area contributed by atoms with Crippen molar-refractivity contribution < 1.29 is 19.1 Å². The molecule has 2 heterocycles. The summed E-state index contributed by atoms with van der Waals surface area (Å²) in [4.78, 5) is 43.6. The smallest absolute Gasteiger partial charge is 0.358 e. The zero-order valence-corrected chi connectivity index (χ0v) is 19.6.